The Labute approximate surface area is 203 Å². The Morgan fingerprint density at radius 1 is 1.00 bits per heavy atom. The smallest absolute Gasteiger partial charge is 0.279 e. The summed E-state index contributed by atoms with van der Waals surface area (Å²) >= 11 is 0. The van der Waals surface area contributed by atoms with Crippen molar-refractivity contribution in [2.75, 3.05) is 33.9 Å². The van der Waals surface area contributed by atoms with Gasteiger partial charge in [-0.25, -0.2) is 0 Å². The van der Waals surface area contributed by atoms with Crippen molar-refractivity contribution in [2.24, 2.45) is 11.8 Å². The number of nitrogens with one attached hydrogen (secondary N) is 1. The Hall–Kier alpha value is -3.88. The molecule has 9 heteroatoms. The number of carbonyl (C=O) groups excluding carboxylic acids is 2. The van der Waals surface area contributed by atoms with Crippen LogP contribution in [-0.4, -0.2) is 60.3 Å². The second-order valence-corrected chi connectivity index (χ2v) is 9.08. The van der Waals surface area contributed by atoms with Gasteiger partial charge < -0.3 is 19.7 Å². The van der Waals surface area contributed by atoms with Gasteiger partial charge in [0.05, 0.1) is 31.8 Å². The number of benzene rings is 2. The van der Waals surface area contributed by atoms with Gasteiger partial charge in [0.2, 0.25) is 5.91 Å². The second kappa shape index (κ2) is 10.2. The van der Waals surface area contributed by atoms with Gasteiger partial charge in [0.15, 0.2) is 17.2 Å². The minimum absolute atomic E-state index is 0.0585. The molecule has 0 spiro atoms. The fourth-order valence-electron chi connectivity index (χ4n) is 4.71. The van der Waals surface area contributed by atoms with Crippen LogP contribution in [0.5, 0.6) is 11.5 Å². The van der Waals surface area contributed by atoms with Gasteiger partial charge in [-0.2, -0.15) is 9.78 Å². The molecule has 9 nitrogen and oxygen atoms in total. The highest BCUT2D eigenvalue weighted by atomic mass is 16.5. The number of hydrogen-bond acceptors (Lipinski definition) is 6. The standard InChI is InChI=1S/C26H30N4O5/c1-16-11-17(2)15-29(14-16)23(31)13-27-25(32)24-19-7-5-6-8-20(19)26(33)30(28-24)18-9-10-21(34-3)22(12-18)35-4/h5-10,12,16-17H,11,13-15H2,1-4H3,(H,27,32)/t16-,17-/m1/s1. The van der Waals surface area contributed by atoms with E-state index in [0.29, 0.717) is 52.9 Å². The summed E-state index contributed by atoms with van der Waals surface area (Å²) < 4.78 is 11.8. The van der Waals surface area contributed by atoms with E-state index in [4.69, 9.17) is 9.47 Å². The first-order valence-electron chi connectivity index (χ1n) is 11.6. The van der Waals surface area contributed by atoms with Crippen molar-refractivity contribution in [2.45, 2.75) is 20.3 Å². The van der Waals surface area contributed by atoms with Crippen LogP contribution in [0, 0.1) is 11.8 Å². The molecule has 2 atom stereocenters. The average Bonchev–Trinajstić information content (AvgIpc) is 2.86. The number of rotatable bonds is 6. The maximum atomic E-state index is 13.2. The van der Waals surface area contributed by atoms with E-state index in [1.165, 1.54) is 14.2 Å². The summed E-state index contributed by atoms with van der Waals surface area (Å²) in [5.74, 6) is 1.12. The van der Waals surface area contributed by atoms with Gasteiger partial charge in [0, 0.05) is 24.5 Å². The molecule has 0 radical (unpaired) electrons. The van der Waals surface area contributed by atoms with E-state index in [2.05, 4.69) is 24.3 Å². The minimum atomic E-state index is -0.526. The van der Waals surface area contributed by atoms with E-state index in [1.54, 1.807) is 47.4 Å². The molecule has 184 valence electrons. The summed E-state index contributed by atoms with van der Waals surface area (Å²) in [6, 6.07) is 11.7. The number of methoxy groups -OCH3 is 2. The van der Waals surface area contributed by atoms with Gasteiger partial charge in [-0.1, -0.05) is 32.0 Å². The van der Waals surface area contributed by atoms with Crippen LogP contribution in [0.25, 0.3) is 16.5 Å². The lowest BCUT2D eigenvalue weighted by molar-refractivity contribution is -0.132. The maximum Gasteiger partial charge on any atom is 0.279 e. The first kappa shape index (κ1) is 24.3. The summed E-state index contributed by atoms with van der Waals surface area (Å²) in [6.07, 6.45) is 1.09. The predicted molar refractivity (Wildman–Crippen MR) is 132 cm³/mol. The molecule has 0 saturated carbocycles. The van der Waals surface area contributed by atoms with E-state index >= 15 is 0 Å². The van der Waals surface area contributed by atoms with Crippen LogP contribution < -0.4 is 20.3 Å². The lowest BCUT2D eigenvalue weighted by atomic mass is 9.92. The molecule has 0 aliphatic carbocycles. The highest BCUT2D eigenvalue weighted by molar-refractivity contribution is 6.05. The molecule has 2 aromatic carbocycles. The minimum Gasteiger partial charge on any atom is -0.493 e. The first-order chi connectivity index (χ1) is 16.8. The van der Waals surface area contributed by atoms with Gasteiger partial charge in [0.1, 0.15) is 0 Å². The molecule has 1 aliphatic rings. The fraction of sp³-hybridized carbons (Fsp3) is 0.385. The number of ether oxygens (including phenoxy) is 2. The van der Waals surface area contributed by atoms with E-state index in [9.17, 15) is 14.4 Å². The van der Waals surface area contributed by atoms with Crippen molar-refractivity contribution < 1.29 is 19.1 Å². The molecule has 0 bridgehead atoms. The Bertz CT molecular complexity index is 1310. The summed E-state index contributed by atoms with van der Waals surface area (Å²) in [4.78, 5) is 41.0. The Balaban J connectivity index is 1.66. The van der Waals surface area contributed by atoms with Crippen LogP contribution in [0.1, 0.15) is 30.8 Å². The van der Waals surface area contributed by atoms with Crippen LogP contribution in [-0.2, 0) is 4.79 Å². The molecule has 4 rings (SSSR count). The van der Waals surface area contributed by atoms with Crippen molar-refractivity contribution in [3.8, 4) is 17.2 Å². The molecule has 1 aromatic heterocycles. The molecule has 3 aromatic rings. The van der Waals surface area contributed by atoms with Crippen molar-refractivity contribution in [3.63, 3.8) is 0 Å². The van der Waals surface area contributed by atoms with Gasteiger partial charge in [-0.05, 0) is 36.5 Å². The van der Waals surface area contributed by atoms with Crippen molar-refractivity contribution in [1.29, 1.82) is 0 Å². The quantitative estimate of drug-likeness (QED) is 0.584. The number of hydrogen-bond donors (Lipinski definition) is 1. The highest BCUT2D eigenvalue weighted by Crippen LogP contribution is 2.29. The molecule has 35 heavy (non-hydrogen) atoms. The van der Waals surface area contributed by atoms with Crippen LogP contribution >= 0.6 is 0 Å². The van der Waals surface area contributed by atoms with Crippen LogP contribution in [0.4, 0.5) is 0 Å². The largest absolute Gasteiger partial charge is 0.493 e. The van der Waals surface area contributed by atoms with Crippen LogP contribution in [0.2, 0.25) is 0 Å². The number of carbonyl (C=O) groups is 2. The zero-order valence-electron chi connectivity index (χ0n) is 20.4. The summed E-state index contributed by atoms with van der Waals surface area (Å²) in [5, 5.41) is 7.85. The second-order valence-electron chi connectivity index (χ2n) is 9.08. The van der Waals surface area contributed by atoms with Crippen molar-refractivity contribution >= 4 is 22.6 Å². The highest BCUT2D eigenvalue weighted by Gasteiger charge is 2.26. The van der Waals surface area contributed by atoms with Gasteiger partial charge in [0.25, 0.3) is 11.5 Å². The number of amides is 2. The van der Waals surface area contributed by atoms with E-state index in [0.717, 1.165) is 11.1 Å². The average molecular weight is 479 g/mol. The predicted octanol–water partition coefficient (Wildman–Crippen LogP) is 2.64. The van der Waals surface area contributed by atoms with Crippen molar-refractivity contribution in [3.05, 3.63) is 58.5 Å². The topological polar surface area (TPSA) is 103 Å². The third-order valence-corrected chi connectivity index (χ3v) is 6.25. The third-order valence-electron chi connectivity index (χ3n) is 6.25. The fourth-order valence-corrected chi connectivity index (χ4v) is 4.71. The van der Waals surface area contributed by atoms with Gasteiger partial charge in [-0.3, -0.25) is 14.4 Å². The van der Waals surface area contributed by atoms with Crippen LogP contribution in [0.15, 0.2) is 47.3 Å². The van der Waals surface area contributed by atoms with E-state index in [1.807, 2.05) is 0 Å². The molecule has 1 N–H and O–H groups in total. The molecule has 1 aliphatic heterocycles. The molecule has 2 amide bonds. The Morgan fingerprint density at radius 2 is 1.66 bits per heavy atom. The molecule has 0 unspecified atom stereocenters. The molecular weight excluding hydrogens is 448 g/mol. The molecule has 1 saturated heterocycles. The molecular formula is C26H30N4O5. The Morgan fingerprint density at radius 3 is 2.31 bits per heavy atom. The number of piperidine rings is 1. The van der Waals surface area contributed by atoms with Crippen molar-refractivity contribution in [1.82, 2.24) is 20.0 Å². The van der Waals surface area contributed by atoms with Crippen LogP contribution in [0.3, 0.4) is 0 Å². The Kier molecular flexibility index (Phi) is 7.04. The zero-order chi connectivity index (χ0) is 25.1. The lowest BCUT2D eigenvalue weighted by Gasteiger charge is -2.35. The number of fused-ring (bicyclic) bond motifs is 1. The zero-order valence-corrected chi connectivity index (χ0v) is 20.4. The van der Waals surface area contributed by atoms with Gasteiger partial charge >= 0.3 is 0 Å². The number of nitrogens with zero attached hydrogens (tertiary/aromatic N) is 3. The van der Waals surface area contributed by atoms with Gasteiger partial charge in [-0.15, -0.1) is 0 Å². The summed E-state index contributed by atoms with van der Waals surface area (Å²) in [6.45, 7) is 5.49. The summed E-state index contributed by atoms with van der Waals surface area (Å²) in [7, 11) is 3.02. The van der Waals surface area contributed by atoms with E-state index < -0.39 is 5.91 Å². The molecule has 1 fully saturated rings. The SMILES string of the molecule is COc1ccc(-n2nc(C(=O)NCC(=O)N3C[C@H](C)C[C@@H](C)C3)c3ccccc3c2=O)cc1OC. The van der Waals surface area contributed by atoms with E-state index in [-0.39, 0.29) is 23.7 Å². The summed E-state index contributed by atoms with van der Waals surface area (Å²) in [5.41, 5.74) is 0.0970. The number of likely N-dealkylation sites (tertiary alicyclic amines) is 1. The maximum absolute atomic E-state index is 13.2. The lowest BCUT2D eigenvalue weighted by Crippen LogP contribution is -2.47. The first-order valence-corrected chi connectivity index (χ1v) is 11.6. The molecule has 2 heterocycles. The normalized spacial score (nSPS) is 17.8. The monoisotopic (exact) mass is 478 g/mol. The third kappa shape index (κ3) is 4.99. The number of aromatic nitrogens is 2.